The number of aryl methyl sites for hydroxylation is 1. The first-order chi connectivity index (χ1) is 13.6. The molecular weight excluding hydrogens is 493 g/mol. The van der Waals surface area contributed by atoms with Crippen LogP contribution < -0.4 is 10.6 Å². The van der Waals surface area contributed by atoms with Gasteiger partial charge in [0.25, 0.3) is 0 Å². The highest BCUT2D eigenvalue weighted by atomic mass is 127. The Bertz CT molecular complexity index is 776. The third-order valence-corrected chi connectivity index (χ3v) is 6.09. The number of hydrogen-bond acceptors (Lipinski definition) is 4. The van der Waals surface area contributed by atoms with Crippen LogP contribution in [0.2, 0.25) is 0 Å². The van der Waals surface area contributed by atoms with Gasteiger partial charge >= 0.3 is 0 Å². The molecule has 1 atom stereocenters. The fraction of sp³-hybridized carbons (Fsp3) is 0.545. The fourth-order valence-electron chi connectivity index (χ4n) is 3.79. The number of guanidine groups is 1. The van der Waals surface area contributed by atoms with E-state index in [4.69, 9.17) is 0 Å². The summed E-state index contributed by atoms with van der Waals surface area (Å²) in [5.74, 6) is 1.65. The summed E-state index contributed by atoms with van der Waals surface area (Å²) in [6, 6.07) is 8.76. The molecule has 1 aliphatic heterocycles. The molecule has 2 heterocycles. The van der Waals surface area contributed by atoms with Crippen LogP contribution in [0.4, 0.5) is 0 Å². The third kappa shape index (κ3) is 7.86. The van der Waals surface area contributed by atoms with E-state index in [1.165, 1.54) is 37.1 Å². The van der Waals surface area contributed by atoms with Crippen molar-refractivity contribution < 1.29 is 0 Å². The molecule has 0 amide bonds. The average molecular weight is 528 g/mol. The maximum atomic E-state index is 4.51. The van der Waals surface area contributed by atoms with Gasteiger partial charge in [-0.25, -0.2) is 4.98 Å². The summed E-state index contributed by atoms with van der Waals surface area (Å²) < 4.78 is 0. The molecule has 2 aromatic rings. The minimum absolute atomic E-state index is 0. The number of rotatable bonds is 7. The quantitative estimate of drug-likeness (QED) is 0.322. The largest absolute Gasteiger partial charge is 0.356 e. The fourth-order valence-corrected chi connectivity index (χ4v) is 4.43. The van der Waals surface area contributed by atoms with Gasteiger partial charge in [0.15, 0.2) is 5.96 Å². The molecule has 29 heavy (non-hydrogen) atoms. The molecule has 5 nitrogen and oxygen atoms in total. The second-order valence-corrected chi connectivity index (χ2v) is 8.77. The number of nitrogens with zero attached hydrogens (tertiary/aromatic N) is 3. The lowest BCUT2D eigenvalue weighted by Crippen LogP contribution is -2.38. The molecule has 1 aromatic carbocycles. The predicted molar refractivity (Wildman–Crippen MR) is 134 cm³/mol. The van der Waals surface area contributed by atoms with Crippen molar-refractivity contribution in [2.24, 2.45) is 10.9 Å². The molecule has 1 fully saturated rings. The van der Waals surface area contributed by atoms with Crippen LogP contribution in [0.5, 0.6) is 0 Å². The number of hydrogen-bond donors (Lipinski definition) is 2. The first-order valence-electron chi connectivity index (χ1n) is 10.3. The lowest BCUT2D eigenvalue weighted by molar-refractivity contribution is 0.176. The van der Waals surface area contributed by atoms with Crippen molar-refractivity contribution in [3.8, 4) is 0 Å². The molecule has 160 valence electrons. The van der Waals surface area contributed by atoms with Gasteiger partial charge in [-0.05, 0) is 43.4 Å². The van der Waals surface area contributed by atoms with Crippen molar-refractivity contribution in [2.45, 2.75) is 46.2 Å². The van der Waals surface area contributed by atoms with Crippen LogP contribution in [0.3, 0.4) is 0 Å². The van der Waals surface area contributed by atoms with Crippen molar-refractivity contribution in [2.75, 3.05) is 26.7 Å². The molecule has 0 bridgehead atoms. The molecule has 0 radical (unpaired) electrons. The van der Waals surface area contributed by atoms with Crippen LogP contribution >= 0.6 is 35.3 Å². The van der Waals surface area contributed by atoms with Crippen LogP contribution in [0.1, 0.15) is 41.6 Å². The van der Waals surface area contributed by atoms with Crippen LogP contribution in [0, 0.1) is 12.8 Å². The minimum Gasteiger partial charge on any atom is -0.356 e. The molecular formula is C22H34IN5S. The van der Waals surface area contributed by atoms with E-state index in [0.717, 1.165) is 48.6 Å². The first kappa shape index (κ1) is 24.1. The van der Waals surface area contributed by atoms with Gasteiger partial charge < -0.3 is 10.6 Å². The summed E-state index contributed by atoms with van der Waals surface area (Å²) >= 11 is 1.70. The van der Waals surface area contributed by atoms with E-state index in [-0.39, 0.29) is 24.0 Å². The highest BCUT2D eigenvalue weighted by molar-refractivity contribution is 14.0. The summed E-state index contributed by atoms with van der Waals surface area (Å²) in [6.45, 7) is 9.49. The van der Waals surface area contributed by atoms with Gasteiger partial charge in [0.1, 0.15) is 0 Å². The number of piperidine rings is 1. The second-order valence-electron chi connectivity index (χ2n) is 7.71. The van der Waals surface area contributed by atoms with E-state index in [0.29, 0.717) is 0 Å². The smallest absolute Gasteiger partial charge is 0.191 e. The number of aliphatic imine (C=N–C) groups is 1. The van der Waals surface area contributed by atoms with E-state index in [9.17, 15) is 0 Å². The zero-order valence-corrected chi connectivity index (χ0v) is 20.9. The van der Waals surface area contributed by atoms with Crippen LogP contribution in [0.25, 0.3) is 0 Å². The number of aromatic nitrogens is 1. The predicted octanol–water partition coefficient (Wildman–Crippen LogP) is 4.21. The standard InChI is InChI=1S/C22H33N5S.HI/c1-17-7-6-12-27(14-17)15-20-9-5-4-8-19(20)13-25-22(23-3)24-11-10-21-16-28-18(2)26-21;/h4-5,8-9,16-17H,6-7,10-15H2,1-3H3,(H2,23,24,25);1H. The monoisotopic (exact) mass is 527 g/mol. The molecule has 1 aliphatic rings. The molecule has 3 rings (SSSR count). The Morgan fingerprint density at radius 2 is 2.07 bits per heavy atom. The van der Waals surface area contributed by atoms with Crippen molar-refractivity contribution >= 4 is 41.3 Å². The molecule has 7 heteroatoms. The highest BCUT2D eigenvalue weighted by Crippen LogP contribution is 2.19. The Labute approximate surface area is 196 Å². The molecule has 1 aromatic heterocycles. The van der Waals surface area contributed by atoms with Crippen molar-refractivity contribution in [3.05, 3.63) is 51.5 Å². The Morgan fingerprint density at radius 3 is 2.76 bits per heavy atom. The summed E-state index contributed by atoms with van der Waals surface area (Å²) in [4.78, 5) is 11.5. The summed E-state index contributed by atoms with van der Waals surface area (Å²) in [7, 11) is 1.82. The number of nitrogens with one attached hydrogen (secondary N) is 2. The van der Waals surface area contributed by atoms with E-state index in [1.54, 1.807) is 11.3 Å². The van der Waals surface area contributed by atoms with Gasteiger partial charge in [0, 0.05) is 45.0 Å². The summed E-state index contributed by atoms with van der Waals surface area (Å²) in [5, 5.41) is 10.1. The average Bonchev–Trinajstić information content (AvgIpc) is 3.10. The van der Waals surface area contributed by atoms with Gasteiger partial charge in [-0.2, -0.15) is 0 Å². The van der Waals surface area contributed by atoms with Gasteiger partial charge in [-0.15, -0.1) is 35.3 Å². The zero-order chi connectivity index (χ0) is 19.8. The molecule has 1 saturated heterocycles. The lowest BCUT2D eigenvalue weighted by Gasteiger charge is -2.31. The second kappa shape index (κ2) is 12.5. The Morgan fingerprint density at radius 1 is 1.28 bits per heavy atom. The van der Waals surface area contributed by atoms with Crippen LogP contribution in [-0.2, 0) is 19.5 Å². The van der Waals surface area contributed by atoms with Gasteiger partial charge in [0.05, 0.1) is 10.7 Å². The molecule has 0 spiro atoms. The minimum atomic E-state index is 0. The van der Waals surface area contributed by atoms with Crippen LogP contribution in [0.15, 0.2) is 34.6 Å². The van der Waals surface area contributed by atoms with Crippen molar-refractivity contribution in [1.82, 2.24) is 20.5 Å². The zero-order valence-electron chi connectivity index (χ0n) is 17.8. The Balaban J connectivity index is 0.00000300. The molecule has 0 saturated carbocycles. The van der Waals surface area contributed by atoms with E-state index in [1.807, 2.05) is 14.0 Å². The third-order valence-electron chi connectivity index (χ3n) is 5.26. The summed E-state index contributed by atoms with van der Waals surface area (Å²) in [5.41, 5.74) is 3.91. The van der Waals surface area contributed by atoms with E-state index >= 15 is 0 Å². The Hall–Kier alpha value is -1.19. The topological polar surface area (TPSA) is 52.6 Å². The maximum Gasteiger partial charge on any atom is 0.191 e. The lowest BCUT2D eigenvalue weighted by atomic mass is 9.99. The van der Waals surface area contributed by atoms with Gasteiger partial charge in [0.2, 0.25) is 0 Å². The van der Waals surface area contributed by atoms with Crippen LogP contribution in [-0.4, -0.2) is 42.5 Å². The van der Waals surface area contributed by atoms with Crippen molar-refractivity contribution in [3.63, 3.8) is 0 Å². The van der Waals surface area contributed by atoms with E-state index < -0.39 is 0 Å². The molecule has 2 N–H and O–H groups in total. The number of likely N-dealkylation sites (tertiary alicyclic amines) is 1. The molecule has 0 aliphatic carbocycles. The number of halogens is 1. The number of thiazole rings is 1. The van der Waals surface area contributed by atoms with Crippen molar-refractivity contribution in [1.29, 1.82) is 0 Å². The maximum absolute atomic E-state index is 4.51. The number of benzene rings is 1. The SMILES string of the molecule is CN=C(NCCc1csc(C)n1)NCc1ccccc1CN1CCCC(C)C1.I. The molecule has 1 unspecified atom stereocenters. The Kier molecular flexibility index (Phi) is 10.4. The first-order valence-corrected chi connectivity index (χ1v) is 11.2. The van der Waals surface area contributed by atoms with E-state index in [2.05, 4.69) is 62.1 Å². The highest BCUT2D eigenvalue weighted by Gasteiger charge is 2.17. The van der Waals surface area contributed by atoms with Gasteiger partial charge in [-0.1, -0.05) is 31.2 Å². The van der Waals surface area contributed by atoms with Gasteiger partial charge in [-0.3, -0.25) is 9.89 Å². The summed E-state index contributed by atoms with van der Waals surface area (Å²) in [6.07, 6.45) is 3.59. The normalized spacial score (nSPS) is 17.6.